The van der Waals surface area contributed by atoms with Crippen molar-refractivity contribution in [1.82, 2.24) is 9.55 Å². The van der Waals surface area contributed by atoms with Gasteiger partial charge >= 0.3 is 5.69 Å². The Labute approximate surface area is 119 Å². The molecule has 4 nitrogen and oxygen atoms in total. The predicted octanol–water partition coefficient (Wildman–Crippen LogP) is 2.64. The van der Waals surface area contributed by atoms with Crippen LogP contribution in [0.1, 0.15) is 5.56 Å². The standard InChI is InChI=1S/C15H11ClN2O2/c1-9-6-7-12-10(8-9)14(19)18(15(20)17-12)13-5-3-2-4-11(13)16/h2-8H,1H3,(H,17,20). The summed E-state index contributed by atoms with van der Waals surface area (Å²) < 4.78 is 1.06. The molecule has 100 valence electrons. The number of rotatable bonds is 1. The summed E-state index contributed by atoms with van der Waals surface area (Å²) >= 11 is 6.07. The highest BCUT2D eigenvalue weighted by Gasteiger charge is 2.11. The Morgan fingerprint density at radius 3 is 2.60 bits per heavy atom. The lowest BCUT2D eigenvalue weighted by Gasteiger charge is -2.08. The first kappa shape index (κ1) is 12.7. The Morgan fingerprint density at radius 1 is 1.10 bits per heavy atom. The molecule has 1 N–H and O–H groups in total. The minimum atomic E-state index is -0.501. The Balaban J connectivity index is 2.46. The van der Waals surface area contributed by atoms with Crippen LogP contribution in [0.2, 0.25) is 5.02 Å². The summed E-state index contributed by atoms with van der Waals surface area (Å²) in [5.74, 6) is 0. The van der Waals surface area contributed by atoms with Crippen LogP contribution in [0.4, 0.5) is 0 Å². The number of para-hydroxylation sites is 1. The average Bonchev–Trinajstić information content (AvgIpc) is 2.42. The highest BCUT2D eigenvalue weighted by atomic mass is 35.5. The molecule has 0 aliphatic carbocycles. The van der Waals surface area contributed by atoms with Gasteiger partial charge in [0.05, 0.1) is 21.6 Å². The van der Waals surface area contributed by atoms with Gasteiger partial charge in [-0.15, -0.1) is 0 Å². The van der Waals surface area contributed by atoms with Crippen LogP contribution in [0.5, 0.6) is 0 Å². The molecule has 0 fully saturated rings. The van der Waals surface area contributed by atoms with E-state index in [9.17, 15) is 9.59 Å². The molecule has 0 bridgehead atoms. The van der Waals surface area contributed by atoms with Crippen LogP contribution in [0.25, 0.3) is 16.6 Å². The van der Waals surface area contributed by atoms with Crippen molar-refractivity contribution in [3.63, 3.8) is 0 Å². The number of aromatic nitrogens is 2. The molecule has 0 atom stereocenters. The Morgan fingerprint density at radius 2 is 1.85 bits per heavy atom. The van der Waals surface area contributed by atoms with E-state index in [1.807, 2.05) is 13.0 Å². The molecule has 0 radical (unpaired) electrons. The highest BCUT2D eigenvalue weighted by Crippen LogP contribution is 2.17. The van der Waals surface area contributed by atoms with Crippen LogP contribution < -0.4 is 11.2 Å². The molecule has 1 heterocycles. The number of hydrogen-bond donors (Lipinski definition) is 1. The topological polar surface area (TPSA) is 54.9 Å². The van der Waals surface area contributed by atoms with E-state index < -0.39 is 5.69 Å². The molecule has 3 rings (SSSR count). The lowest BCUT2D eigenvalue weighted by molar-refractivity contribution is 0.901. The van der Waals surface area contributed by atoms with Gasteiger partial charge in [0, 0.05) is 0 Å². The van der Waals surface area contributed by atoms with Crippen LogP contribution in [0.3, 0.4) is 0 Å². The molecule has 0 amide bonds. The summed E-state index contributed by atoms with van der Waals surface area (Å²) in [5, 5.41) is 0.816. The van der Waals surface area contributed by atoms with Crippen molar-refractivity contribution in [2.24, 2.45) is 0 Å². The monoisotopic (exact) mass is 286 g/mol. The first-order valence-corrected chi connectivity index (χ1v) is 6.46. The Hall–Kier alpha value is -2.33. The molecule has 0 unspecified atom stereocenters. The second kappa shape index (κ2) is 4.65. The fourth-order valence-electron chi connectivity index (χ4n) is 2.18. The first-order chi connectivity index (χ1) is 9.58. The number of benzene rings is 2. The molecular formula is C15H11ClN2O2. The molecule has 1 aromatic heterocycles. The van der Waals surface area contributed by atoms with Gasteiger partial charge in [-0.05, 0) is 31.2 Å². The van der Waals surface area contributed by atoms with Crippen LogP contribution in [-0.4, -0.2) is 9.55 Å². The third-order valence-electron chi connectivity index (χ3n) is 3.15. The van der Waals surface area contributed by atoms with E-state index in [1.54, 1.807) is 36.4 Å². The Kier molecular flexibility index (Phi) is 2.95. The van der Waals surface area contributed by atoms with Crippen molar-refractivity contribution in [1.29, 1.82) is 0 Å². The molecule has 0 spiro atoms. The first-order valence-electron chi connectivity index (χ1n) is 6.08. The minimum Gasteiger partial charge on any atom is -0.306 e. The van der Waals surface area contributed by atoms with Gasteiger partial charge in [0.25, 0.3) is 5.56 Å². The predicted molar refractivity (Wildman–Crippen MR) is 79.9 cm³/mol. The molecule has 0 aliphatic heterocycles. The zero-order valence-corrected chi connectivity index (χ0v) is 11.4. The smallest absolute Gasteiger partial charge is 0.306 e. The number of H-pyrrole nitrogens is 1. The normalized spacial score (nSPS) is 10.9. The van der Waals surface area contributed by atoms with E-state index in [-0.39, 0.29) is 5.56 Å². The number of halogens is 1. The summed E-state index contributed by atoms with van der Waals surface area (Å²) in [6, 6.07) is 12.1. The second-order valence-electron chi connectivity index (χ2n) is 4.57. The van der Waals surface area contributed by atoms with E-state index in [2.05, 4.69) is 4.98 Å². The van der Waals surface area contributed by atoms with E-state index in [0.717, 1.165) is 10.1 Å². The summed E-state index contributed by atoms with van der Waals surface area (Å²) in [4.78, 5) is 27.4. The molecule has 2 aromatic carbocycles. The van der Waals surface area contributed by atoms with E-state index in [0.29, 0.717) is 21.6 Å². The maximum absolute atomic E-state index is 12.5. The van der Waals surface area contributed by atoms with E-state index in [4.69, 9.17) is 11.6 Å². The van der Waals surface area contributed by atoms with Crippen molar-refractivity contribution in [2.75, 3.05) is 0 Å². The van der Waals surface area contributed by atoms with Crippen molar-refractivity contribution in [3.05, 3.63) is 73.9 Å². The van der Waals surface area contributed by atoms with Gasteiger partial charge in [-0.1, -0.05) is 35.4 Å². The summed E-state index contributed by atoms with van der Waals surface area (Å²) in [7, 11) is 0. The molecular weight excluding hydrogens is 276 g/mol. The summed E-state index contributed by atoms with van der Waals surface area (Å²) in [6.07, 6.45) is 0. The second-order valence-corrected chi connectivity index (χ2v) is 4.98. The molecule has 0 aliphatic rings. The lowest BCUT2D eigenvalue weighted by Crippen LogP contribution is -2.33. The van der Waals surface area contributed by atoms with E-state index in [1.165, 1.54) is 0 Å². The van der Waals surface area contributed by atoms with Gasteiger partial charge in [-0.25, -0.2) is 9.36 Å². The van der Waals surface area contributed by atoms with Gasteiger partial charge in [0.15, 0.2) is 0 Å². The number of aryl methyl sites for hydroxylation is 1. The van der Waals surface area contributed by atoms with Gasteiger partial charge in [-0.3, -0.25) is 4.79 Å². The van der Waals surface area contributed by atoms with Crippen molar-refractivity contribution in [3.8, 4) is 5.69 Å². The number of nitrogens with one attached hydrogen (secondary N) is 1. The average molecular weight is 287 g/mol. The minimum absolute atomic E-state index is 0.354. The van der Waals surface area contributed by atoms with Gasteiger partial charge in [0.1, 0.15) is 0 Å². The van der Waals surface area contributed by atoms with Crippen molar-refractivity contribution < 1.29 is 0 Å². The number of nitrogens with zero attached hydrogens (tertiary/aromatic N) is 1. The maximum Gasteiger partial charge on any atom is 0.333 e. The lowest BCUT2D eigenvalue weighted by atomic mass is 10.1. The van der Waals surface area contributed by atoms with Gasteiger partial charge in [0.2, 0.25) is 0 Å². The number of hydrogen-bond acceptors (Lipinski definition) is 2. The van der Waals surface area contributed by atoms with Crippen LogP contribution in [-0.2, 0) is 0 Å². The molecule has 3 aromatic rings. The van der Waals surface area contributed by atoms with Crippen LogP contribution >= 0.6 is 11.6 Å². The van der Waals surface area contributed by atoms with Gasteiger partial charge in [-0.2, -0.15) is 0 Å². The van der Waals surface area contributed by atoms with Crippen LogP contribution in [0, 0.1) is 6.92 Å². The largest absolute Gasteiger partial charge is 0.333 e. The summed E-state index contributed by atoms with van der Waals surface area (Å²) in [5.41, 5.74) is 0.977. The summed E-state index contributed by atoms with van der Waals surface area (Å²) in [6.45, 7) is 1.89. The van der Waals surface area contributed by atoms with E-state index >= 15 is 0 Å². The molecule has 0 saturated carbocycles. The SMILES string of the molecule is Cc1ccc2[nH]c(=O)n(-c3ccccc3Cl)c(=O)c2c1. The van der Waals surface area contributed by atoms with Gasteiger partial charge < -0.3 is 4.98 Å². The van der Waals surface area contributed by atoms with Crippen molar-refractivity contribution >= 4 is 22.5 Å². The Bertz CT molecular complexity index is 925. The van der Waals surface area contributed by atoms with Crippen molar-refractivity contribution in [2.45, 2.75) is 6.92 Å². The molecule has 20 heavy (non-hydrogen) atoms. The highest BCUT2D eigenvalue weighted by molar-refractivity contribution is 6.32. The fourth-order valence-corrected chi connectivity index (χ4v) is 2.40. The number of fused-ring (bicyclic) bond motifs is 1. The quantitative estimate of drug-likeness (QED) is 0.748. The van der Waals surface area contributed by atoms with Crippen LogP contribution in [0.15, 0.2) is 52.1 Å². The third-order valence-corrected chi connectivity index (χ3v) is 3.47. The zero-order chi connectivity index (χ0) is 14.3. The third kappa shape index (κ3) is 1.94. The maximum atomic E-state index is 12.5. The number of aromatic amines is 1. The molecule has 0 saturated heterocycles. The fraction of sp³-hybridized carbons (Fsp3) is 0.0667. The zero-order valence-electron chi connectivity index (χ0n) is 10.7. The molecule has 5 heteroatoms.